The number of thioether (sulfide) groups is 1. The molecule has 138 valence electrons. The zero-order valence-electron chi connectivity index (χ0n) is 15.2. The predicted molar refractivity (Wildman–Crippen MR) is 105 cm³/mol. The Morgan fingerprint density at radius 1 is 0.963 bits per heavy atom. The lowest BCUT2D eigenvalue weighted by Crippen LogP contribution is -2.12. The largest absolute Gasteiger partial charge is 0.472 e. The summed E-state index contributed by atoms with van der Waals surface area (Å²) in [6.45, 7) is 2.09. The minimum atomic E-state index is -0.506. The molecular formula is C21H20N2O3S. The van der Waals surface area contributed by atoms with Crippen LogP contribution in [-0.4, -0.2) is 23.0 Å². The minimum absolute atomic E-state index is 0.244. The molecule has 1 aromatic heterocycles. The average molecular weight is 380 g/mol. The van der Waals surface area contributed by atoms with E-state index in [0.29, 0.717) is 23.2 Å². The van der Waals surface area contributed by atoms with Gasteiger partial charge in [0, 0.05) is 5.75 Å². The molecular weight excluding hydrogens is 360 g/mol. The molecule has 0 spiro atoms. The monoisotopic (exact) mass is 380 g/mol. The van der Waals surface area contributed by atoms with Crippen molar-refractivity contribution >= 4 is 17.7 Å². The summed E-state index contributed by atoms with van der Waals surface area (Å²) in [6, 6.07) is 19.7. The maximum atomic E-state index is 12.4. The summed E-state index contributed by atoms with van der Waals surface area (Å²) in [6.07, 6.45) is 0. The first-order chi connectivity index (χ1) is 13.2. The van der Waals surface area contributed by atoms with Crippen LogP contribution >= 0.6 is 11.8 Å². The molecule has 0 fully saturated rings. The molecule has 0 radical (unpaired) electrons. The van der Waals surface area contributed by atoms with E-state index in [1.165, 1.54) is 18.9 Å². The molecule has 1 heterocycles. The number of hydrogen-bond donors (Lipinski definition) is 0. The second-order valence-corrected chi connectivity index (χ2v) is 6.76. The molecule has 5 nitrogen and oxygen atoms in total. The highest BCUT2D eigenvalue weighted by molar-refractivity contribution is 7.98. The lowest BCUT2D eigenvalue weighted by Gasteiger charge is -2.13. The van der Waals surface area contributed by atoms with Gasteiger partial charge in [-0.3, -0.25) is 0 Å². The number of hydrogen-bond acceptors (Lipinski definition) is 6. The lowest BCUT2D eigenvalue weighted by atomic mass is 10.2. The van der Waals surface area contributed by atoms with Gasteiger partial charge in [0.05, 0.1) is 7.11 Å². The zero-order chi connectivity index (χ0) is 19.1. The molecule has 6 heteroatoms. The summed E-state index contributed by atoms with van der Waals surface area (Å²) in [7, 11) is 1.34. The molecule has 0 N–H and O–H groups in total. The van der Waals surface area contributed by atoms with E-state index in [9.17, 15) is 4.79 Å². The van der Waals surface area contributed by atoms with Crippen molar-refractivity contribution in [2.45, 2.75) is 24.3 Å². The average Bonchev–Trinajstić information content (AvgIpc) is 2.71. The zero-order valence-corrected chi connectivity index (χ0v) is 16.0. The summed E-state index contributed by atoms with van der Waals surface area (Å²) in [5, 5.41) is 0.557. The third-order valence-corrected chi connectivity index (χ3v) is 4.83. The Bertz CT molecular complexity index is 837. The molecule has 27 heavy (non-hydrogen) atoms. The molecule has 2 aromatic carbocycles. The fourth-order valence-corrected chi connectivity index (χ4v) is 3.47. The Balaban J connectivity index is 1.87. The molecule has 0 bridgehead atoms. The van der Waals surface area contributed by atoms with Gasteiger partial charge in [-0.15, -0.1) is 11.8 Å². The van der Waals surface area contributed by atoms with E-state index < -0.39 is 5.97 Å². The van der Waals surface area contributed by atoms with Crippen molar-refractivity contribution in [3.05, 3.63) is 83.2 Å². The molecule has 3 rings (SSSR count). The van der Waals surface area contributed by atoms with Crippen LogP contribution in [0.4, 0.5) is 0 Å². The first-order valence-electron chi connectivity index (χ1n) is 8.47. The van der Waals surface area contributed by atoms with Gasteiger partial charge in [-0.2, -0.15) is 4.98 Å². The van der Waals surface area contributed by atoms with Gasteiger partial charge in [0.25, 0.3) is 0 Å². The Labute approximate surface area is 162 Å². The molecule has 0 amide bonds. The normalized spacial score (nSPS) is 10.4. The topological polar surface area (TPSA) is 61.3 Å². The van der Waals surface area contributed by atoms with Crippen molar-refractivity contribution in [3.63, 3.8) is 0 Å². The van der Waals surface area contributed by atoms with E-state index >= 15 is 0 Å². The van der Waals surface area contributed by atoms with Crippen molar-refractivity contribution in [3.8, 4) is 5.88 Å². The lowest BCUT2D eigenvalue weighted by molar-refractivity contribution is 0.0588. The molecule has 3 aromatic rings. The number of esters is 1. The molecule has 0 atom stereocenters. The van der Waals surface area contributed by atoms with Crippen LogP contribution in [0.2, 0.25) is 0 Å². The van der Waals surface area contributed by atoms with E-state index in [2.05, 4.69) is 9.97 Å². The number of rotatable bonds is 7. The summed E-state index contributed by atoms with van der Waals surface area (Å²) < 4.78 is 10.8. The summed E-state index contributed by atoms with van der Waals surface area (Å²) in [4.78, 5) is 21.2. The highest BCUT2D eigenvalue weighted by atomic mass is 32.2. The van der Waals surface area contributed by atoms with Crippen LogP contribution in [-0.2, 0) is 17.1 Å². The van der Waals surface area contributed by atoms with Crippen molar-refractivity contribution in [2.24, 2.45) is 0 Å². The third-order valence-electron chi connectivity index (χ3n) is 3.78. The first-order valence-corrected chi connectivity index (χ1v) is 9.46. The minimum Gasteiger partial charge on any atom is -0.472 e. The van der Waals surface area contributed by atoms with E-state index in [0.717, 1.165) is 11.1 Å². The molecule has 0 saturated carbocycles. The van der Waals surface area contributed by atoms with Crippen LogP contribution in [0.25, 0.3) is 0 Å². The summed E-state index contributed by atoms with van der Waals surface area (Å²) in [5.41, 5.74) is 2.39. The number of benzene rings is 2. The van der Waals surface area contributed by atoms with E-state index in [4.69, 9.17) is 9.47 Å². The standard InChI is InChI=1S/C21H20N2O3S/c1-15-22-19(26-13-16-9-5-3-6-10-16)18(21(24)25-2)20(23-15)27-14-17-11-7-4-8-12-17/h3-12H,13-14H2,1-2H3. The van der Waals surface area contributed by atoms with Gasteiger partial charge in [0.2, 0.25) is 5.88 Å². The van der Waals surface area contributed by atoms with Crippen molar-refractivity contribution in [1.29, 1.82) is 0 Å². The highest BCUT2D eigenvalue weighted by Crippen LogP contribution is 2.30. The first kappa shape index (κ1) is 18.9. The van der Waals surface area contributed by atoms with Gasteiger partial charge in [0.1, 0.15) is 17.5 Å². The van der Waals surface area contributed by atoms with E-state index in [-0.39, 0.29) is 11.4 Å². The predicted octanol–water partition coefficient (Wildman–Crippen LogP) is 4.44. The van der Waals surface area contributed by atoms with E-state index in [1.54, 1.807) is 6.92 Å². The Hall–Kier alpha value is -2.86. The molecule has 0 saturated heterocycles. The molecule has 0 unspecified atom stereocenters. The molecule has 0 aliphatic heterocycles. The van der Waals surface area contributed by atoms with Gasteiger partial charge < -0.3 is 9.47 Å². The van der Waals surface area contributed by atoms with Crippen LogP contribution in [0.1, 0.15) is 27.3 Å². The molecule has 0 aliphatic carbocycles. The number of carbonyl (C=O) groups excluding carboxylic acids is 1. The number of nitrogens with zero attached hydrogens (tertiary/aromatic N) is 2. The van der Waals surface area contributed by atoms with Crippen molar-refractivity contribution in [2.75, 3.05) is 7.11 Å². The van der Waals surface area contributed by atoms with Gasteiger partial charge in [0.15, 0.2) is 5.56 Å². The van der Waals surface area contributed by atoms with Crippen LogP contribution in [0.15, 0.2) is 65.7 Å². The van der Waals surface area contributed by atoms with Crippen LogP contribution in [0, 0.1) is 6.92 Å². The van der Waals surface area contributed by atoms with Crippen LogP contribution in [0.5, 0.6) is 5.88 Å². The van der Waals surface area contributed by atoms with Crippen molar-refractivity contribution in [1.82, 2.24) is 9.97 Å². The summed E-state index contributed by atoms with van der Waals surface area (Å²) >= 11 is 1.46. The smallest absolute Gasteiger partial charge is 0.346 e. The Kier molecular flexibility index (Phi) is 6.44. The summed E-state index contributed by atoms with van der Waals surface area (Å²) in [5.74, 6) is 0.961. The van der Waals surface area contributed by atoms with E-state index in [1.807, 2.05) is 60.7 Å². The second kappa shape index (κ2) is 9.19. The SMILES string of the molecule is COC(=O)c1c(OCc2ccccc2)nc(C)nc1SCc1ccccc1. The second-order valence-electron chi connectivity index (χ2n) is 5.80. The third kappa shape index (κ3) is 5.08. The molecule has 0 aliphatic rings. The van der Waals surface area contributed by atoms with Gasteiger partial charge in [-0.05, 0) is 18.1 Å². The van der Waals surface area contributed by atoms with Gasteiger partial charge >= 0.3 is 5.97 Å². The van der Waals surface area contributed by atoms with Gasteiger partial charge in [-0.1, -0.05) is 60.7 Å². The number of aryl methyl sites for hydroxylation is 1. The van der Waals surface area contributed by atoms with Gasteiger partial charge in [-0.25, -0.2) is 9.78 Å². The number of methoxy groups -OCH3 is 1. The Morgan fingerprint density at radius 3 is 2.22 bits per heavy atom. The highest BCUT2D eigenvalue weighted by Gasteiger charge is 2.23. The fourth-order valence-electron chi connectivity index (χ4n) is 2.46. The van der Waals surface area contributed by atoms with Crippen LogP contribution < -0.4 is 4.74 Å². The quantitative estimate of drug-likeness (QED) is 0.343. The maximum absolute atomic E-state index is 12.4. The fraction of sp³-hybridized carbons (Fsp3) is 0.190. The number of aromatic nitrogens is 2. The van der Waals surface area contributed by atoms with Crippen LogP contribution in [0.3, 0.4) is 0 Å². The van der Waals surface area contributed by atoms with Crippen molar-refractivity contribution < 1.29 is 14.3 Å². The maximum Gasteiger partial charge on any atom is 0.346 e. The number of ether oxygens (including phenoxy) is 2. The Morgan fingerprint density at radius 2 is 1.59 bits per heavy atom. The number of carbonyl (C=O) groups is 1.